The molecule has 1 rings (SSSR count). The van der Waals surface area contributed by atoms with E-state index in [9.17, 15) is 0 Å². The van der Waals surface area contributed by atoms with Crippen LogP contribution >= 0.6 is 11.6 Å². The molecule has 0 fully saturated rings. The average Bonchev–Trinajstić information content (AvgIpc) is 2.15. The van der Waals surface area contributed by atoms with Gasteiger partial charge in [0.2, 0.25) is 0 Å². The van der Waals surface area contributed by atoms with Crippen molar-refractivity contribution in [3.8, 4) is 0 Å². The maximum absolute atomic E-state index is 5.86. The predicted octanol–water partition coefficient (Wildman–Crippen LogP) is 3.34. The quantitative estimate of drug-likeness (QED) is 0.580. The molecule has 0 radical (unpaired) electrons. The molecule has 0 saturated heterocycles. The van der Waals surface area contributed by atoms with Gasteiger partial charge in [0.05, 0.1) is 5.69 Å². The van der Waals surface area contributed by atoms with Gasteiger partial charge >= 0.3 is 0 Å². The van der Waals surface area contributed by atoms with Gasteiger partial charge in [-0.2, -0.15) is 0 Å². The molecule has 0 unspecified atom stereocenters. The molecule has 2 nitrogen and oxygen atoms in total. The Morgan fingerprint density at radius 1 is 1.46 bits per heavy atom. The number of aromatic nitrogens is 1. The Labute approximate surface area is 84.3 Å². The van der Waals surface area contributed by atoms with E-state index in [0.717, 1.165) is 12.2 Å². The number of pyridine rings is 1. The van der Waals surface area contributed by atoms with E-state index in [2.05, 4.69) is 17.2 Å². The number of nitrogens with zero attached hydrogens (tertiary/aromatic N) is 1. The minimum Gasteiger partial charge on any atom is -0.383 e. The number of hydrogen-bond acceptors (Lipinski definition) is 2. The molecule has 1 aromatic heterocycles. The first kappa shape index (κ1) is 10.3. The molecule has 13 heavy (non-hydrogen) atoms. The van der Waals surface area contributed by atoms with Crippen molar-refractivity contribution < 1.29 is 0 Å². The van der Waals surface area contributed by atoms with Crippen molar-refractivity contribution in [3.63, 3.8) is 0 Å². The second-order valence-electron chi connectivity index (χ2n) is 2.98. The molecule has 1 heterocycles. The largest absolute Gasteiger partial charge is 0.383 e. The third-order valence-electron chi connectivity index (χ3n) is 1.85. The zero-order chi connectivity index (χ0) is 9.52. The summed E-state index contributed by atoms with van der Waals surface area (Å²) >= 11 is 5.86. The van der Waals surface area contributed by atoms with Gasteiger partial charge in [0, 0.05) is 12.7 Å². The fraction of sp³-hybridized carbons (Fsp3) is 0.500. The molecule has 0 aliphatic heterocycles. The first-order valence-electron chi connectivity index (χ1n) is 4.69. The molecular weight excluding hydrogens is 184 g/mol. The molecule has 1 N–H and O–H groups in total. The van der Waals surface area contributed by atoms with E-state index < -0.39 is 0 Å². The lowest BCUT2D eigenvalue weighted by Gasteiger charge is -2.06. The van der Waals surface area contributed by atoms with Crippen LogP contribution in [0.15, 0.2) is 18.3 Å². The molecule has 1 aromatic rings. The van der Waals surface area contributed by atoms with Crippen molar-refractivity contribution in [1.29, 1.82) is 0 Å². The lowest BCUT2D eigenvalue weighted by molar-refractivity contribution is 0.743. The number of halogens is 1. The summed E-state index contributed by atoms with van der Waals surface area (Å²) in [4.78, 5) is 3.98. The highest BCUT2D eigenvalue weighted by Gasteiger charge is 1.97. The van der Waals surface area contributed by atoms with Crippen LogP contribution in [0.25, 0.3) is 0 Å². The van der Waals surface area contributed by atoms with Crippen molar-refractivity contribution in [3.05, 3.63) is 23.5 Å². The Balaban J connectivity index is 2.32. The van der Waals surface area contributed by atoms with E-state index in [1.807, 2.05) is 12.1 Å². The Morgan fingerprint density at radius 3 is 3.00 bits per heavy atom. The van der Waals surface area contributed by atoms with Crippen molar-refractivity contribution in [2.24, 2.45) is 0 Å². The molecule has 0 amide bonds. The fourth-order valence-electron chi connectivity index (χ4n) is 1.12. The highest BCUT2D eigenvalue weighted by molar-refractivity contribution is 6.31. The van der Waals surface area contributed by atoms with Gasteiger partial charge in [0.1, 0.15) is 0 Å². The van der Waals surface area contributed by atoms with E-state index in [-0.39, 0.29) is 0 Å². The lowest BCUT2D eigenvalue weighted by atomic mass is 10.2. The second-order valence-corrected chi connectivity index (χ2v) is 3.33. The Bertz CT molecular complexity index is 250. The maximum atomic E-state index is 5.86. The van der Waals surface area contributed by atoms with E-state index in [1.165, 1.54) is 19.3 Å². The molecule has 0 bridgehead atoms. The summed E-state index contributed by atoms with van der Waals surface area (Å²) in [6.07, 6.45) is 5.37. The zero-order valence-corrected chi connectivity index (χ0v) is 8.64. The van der Waals surface area contributed by atoms with Crippen LogP contribution in [0, 0.1) is 0 Å². The molecular formula is C10H15ClN2. The van der Waals surface area contributed by atoms with Crippen LogP contribution < -0.4 is 5.32 Å². The topological polar surface area (TPSA) is 24.9 Å². The summed E-state index contributed by atoms with van der Waals surface area (Å²) in [5, 5.41) is 3.81. The van der Waals surface area contributed by atoms with Crippen LogP contribution in [0.4, 0.5) is 5.69 Å². The van der Waals surface area contributed by atoms with Gasteiger partial charge in [-0.05, 0) is 18.6 Å². The van der Waals surface area contributed by atoms with Crippen LogP contribution in [0.5, 0.6) is 0 Å². The smallest absolute Gasteiger partial charge is 0.152 e. The number of anilines is 1. The first-order chi connectivity index (χ1) is 6.34. The minimum atomic E-state index is 0.555. The molecule has 3 heteroatoms. The lowest BCUT2D eigenvalue weighted by Crippen LogP contribution is -2.01. The third-order valence-corrected chi connectivity index (χ3v) is 2.16. The summed E-state index contributed by atoms with van der Waals surface area (Å²) in [5.74, 6) is 0. The van der Waals surface area contributed by atoms with E-state index >= 15 is 0 Å². The van der Waals surface area contributed by atoms with Crippen molar-refractivity contribution >= 4 is 17.3 Å². The van der Waals surface area contributed by atoms with E-state index in [1.54, 1.807) is 6.20 Å². The van der Waals surface area contributed by atoms with Crippen molar-refractivity contribution in [2.45, 2.75) is 26.2 Å². The zero-order valence-electron chi connectivity index (χ0n) is 7.89. The number of unbranched alkanes of at least 4 members (excludes halogenated alkanes) is 2. The number of hydrogen-bond donors (Lipinski definition) is 1. The summed E-state index contributed by atoms with van der Waals surface area (Å²) in [6, 6.07) is 3.83. The predicted molar refractivity (Wildman–Crippen MR) is 57.3 cm³/mol. The standard InChI is InChI=1S/C10H15ClN2/c1-2-3-4-7-12-9-6-5-8-13-10(9)11/h5-6,8,12H,2-4,7H2,1H3. The highest BCUT2D eigenvalue weighted by Crippen LogP contribution is 2.17. The van der Waals surface area contributed by atoms with Crippen LogP contribution in [-0.4, -0.2) is 11.5 Å². The molecule has 0 spiro atoms. The van der Waals surface area contributed by atoms with Gasteiger partial charge in [0.15, 0.2) is 5.15 Å². The van der Waals surface area contributed by atoms with Gasteiger partial charge in [-0.25, -0.2) is 4.98 Å². The van der Waals surface area contributed by atoms with Gasteiger partial charge in [-0.15, -0.1) is 0 Å². The SMILES string of the molecule is CCCCCNc1cccnc1Cl. The van der Waals surface area contributed by atoms with Crippen molar-refractivity contribution in [1.82, 2.24) is 4.98 Å². The van der Waals surface area contributed by atoms with Crippen LogP contribution in [0.1, 0.15) is 26.2 Å². The second kappa shape index (κ2) is 5.81. The van der Waals surface area contributed by atoms with Crippen LogP contribution in [0.2, 0.25) is 5.15 Å². The average molecular weight is 199 g/mol. The molecule has 0 saturated carbocycles. The summed E-state index contributed by atoms with van der Waals surface area (Å²) < 4.78 is 0. The molecule has 0 aliphatic rings. The fourth-order valence-corrected chi connectivity index (χ4v) is 1.30. The number of nitrogens with one attached hydrogen (secondary N) is 1. The summed E-state index contributed by atoms with van der Waals surface area (Å²) in [7, 11) is 0. The van der Waals surface area contributed by atoms with Gasteiger partial charge in [-0.1, -0.05) is 31.4 Å². The van der Waals surface area contributed by atoms with Gasteiger partial charge in [0.25, 0.3) is 0 Å². The number of rotatable bonds is 5. The van der Waals surface area contributed by atoms with Crippen LogP contribution in [0.3, 0.4) is 0 Å². The molecule has 0 aromatic carbocycles. The molecule has 72 valence electrons. The maximum Gasteiger partial charge on any atom is 0.152 e. The monoisotopic (exact) mass is 198 g/mol. The van der Waals surface area contributed by atoms with Gasteiger partial charge in [-0.3, -0.25) is 0 Å². The molecule has 0 atom stereocenters. The Kier molecular flexibility index (Phi) is 4.61. The van der Waals surface area contributed by atoms with Crippen molar-refractivity contribution in [2.75, 3.05) is 11.9 Å². The molecule has 0 aliphatic carbocycles. The normalized spacial score (nSPS) is 10.0. The van der Waals surface area contributed by atoms with Gasteiger partial charge < -0.3 is 5.32 Å². The highest BCUT2D eigenvalue weighted by atomic mass is 35.5. The minimum absolute atomic E-state index is 0.555. The first-order valence-corrected chi connectivity index (χ1v) is 5.06. The summed E-state index contributed by atoms with van der Waals surface area (Å²) in [5.41, 5.74) is 0.931. The van der Waals surface area contributed by atoms with E-state index in [0.29, 0.717) is 5.15 Å². The van der Waals surface area contributed by atoms with Crippen LogP contribution in [-0.2, 0) is 0 Å². The summed E-state index contributed by atoms with van der Waals surface area (Å²) in [6.45, 7) is 3.16. The Morgan fingerprint density at radius 2 is 2.31 bits per heavy atom. The Hall–Kier alpha value is -0.760. The third kappa shape index (κ3) is 3.64. The van der Waals surface area contributed by atoms with E-state index in [4.69, 9.17) is 11.6 Å².